The Hall–Kier alpha value is -0.830. The van der Waals surface area contributed by atoms with Crippen molar-refractivity contribution in [1.82, 2.24) is 0 Å². The summed E-state index contributed by atoms with van der Waals surface area (Å²) in [4.78, 5) is 11.0. The van der Waals surface area contributed by atoms with Crippen molar-refractivity contribution in [3.8, 4) is 5.75 Å². The van der Waals surface area contributed by atoms with Crippen LogP contribution in [0.5, 0.6) is 5.75 Å². The third-order valence-electron chi connectivity index (χ3n) is 2.12. The third-order valence-corrected chi connectivity index (χ3v) is 2.68. The van der Waals surface area contributed by atoms with Gasteiger partial charge in [0, 0.05) is 12.3 Å². The Kier molecular flexibility index (Phi) is 4.82. The van der Waals surface area contributed by atoms with Crippen LogP contribution >= 0.6 is 15.9 Å². The van der Waals surface area contributed by atoms with Gasteiger partial charge in [0.05, 0.1) is 0 Å². The van der Waals surface area contributed by atoms with E-state index in [-0.39, 0.29) is 5.97 Å². The predicted octanol–water partition coefficient (Wildman–Crippen LogP) is 3.25. The number of hydrogen-bond donors (Lipinski definition) is 0. The van der Waals surface area contributed by atoms with Crippen LogP contribution in [0.15, 0.2) is 18.2 Å². The summed E-state index contributed by atoms with van der Waals surface area (Å²) in [6, 6.07) is 5.95. The smallest absolute Gasteiger partial charge is 0.308 e. The number of alkyl halides is 1. The zero-order chi connectivity index (χ0) is 11.3. The maximum Gasteiger partial charge on any atom is 0.308 e. The Labute approximate surface area is 98.8 Å². The summed E-state index contributed by atoms with van der Waals surface area (Å²) in [7, 11) is 0. The van der Waals surface area contributed by atoms with Crippen molar-refractivity contribution in [2.75, 3.05) is 5.33 Å². The van der Waals surface area contributed by atoms with Crippen molar-refractivity contribution in [2.45, 2.75) is 26.7 Å². The zero-order valence-corrected chi connectivity index (χ0v) is 10.6. The molecule has 0 fully saturated rings. The monoisotopic (exact) mass is 270 g/mol. The molecule has 15 heavy (non-hydrogen) atoms. The molecule has 1 aromatic carbocycles. The lowest BCUT2D eigenvalue weighted by molar-refractivity contribution is -0.131. The zero-order valence-electron chi connectivity index (χ0n) is 9.05. The summed E-state index contributed by atoms with van der Waals surface area (Å²) in [6.07, 6.45) is 1.97. The van der Waals surface area contributed by atoms with Crippen molar-refractivity contribution in [2.24, 2.45) is 0 Å². The summed E-state index contributed by atoms with van der Waals surface area (Å²) < 4.78 is 5.22. The number of benzene rings is 1. The molecule has 82 valence electrons. The maximum absolute atomic E-state index is 11.0. The van der Waals surface area contributed by atoms with E-state index in [9.17, 15) is 4.79 Å². The first-order chi connectivity index (χ1) is 7.15. The Morgan fingerprint density at radius 1 is 1.47 bits per heavy atom. The van der Waals surface area contributed by atoms with E-state index < -0.39 is 0 Å². The second-order valence-electron chi connectivity index (χ2n) is 3.45. The van der Waals surface area contributed by atoms with E-state index in [1.807, 2.05) is 25.1 Å². The lowest BCUT2D eigenvalue weighted by Crippen LogP contribution is -2.05. The summed E-state index contributed by atoms with van der Waals surface area (Å²) in [5, 5.41) is 0.959. The van der Waals surface area contributed by atoms with E-state index in [2.05, 4.69) is 15.9 Å². The fourth-order valence-corrected chi connectivity index (χ4v) is 1.74. The number of hydrogen-bond acceptors (Lipinski definition) is 2. The molecular formula is C12H15BrO2. The molecule has 0 bridgehead atoms. The van der Waals surface area contributed by atoms with Crippen LogP contribution in [-0.4, -0.2) is 11.3 Å². The molecule has 0 saturated carbocycles. The average molecular weight is 271 g/mol. The molecular weight excluding hydrogens is 256 g/mol. The molecule has 0 radical (unpaired) electrons. The Morgan fingerprint density at radius 2 is 2.20 bits per heavy atom. The van der Waals surface area contributed by atoms with Gasteiger partial charge < -0.3 is 4.74 Å². The highest BCUT2D eigenvalue weighted by Crippen LogP contribution is 2.24. The second kappa shape index (κ2) is 5.91. The Morgan fingerprint density at radius 3 is 2.80 bits per heavy atom. The summed E-state index contributed by atoms with van der Waals surface area (Å²) in [5.74, 6) is 0.468. The van der Waals surface area contributed by atoms with Crippen LogP contribution in [0.25, 0.3) is 0 Å². The van der Waals surface area contributed by atoms with Crippen LogP contribution in [-0.2, 0) is 11.2 Å². The molecule has 0 aromatic heterocycles. The van der Waals surface area contributed by atoms with Gasteiger partial charge in [-0.2, -0.15) is 0 Å². The molecule has 0 heterocycles. The number of para-hydroxylation sites is 1. The molecule has 0 spiro atoms. The molecule has 0 aliphatic heterocycles. The fourth-order valence-electron chi connectivity index (χ4n) is 1.46. The van der Waals surface area contributed by atoms with Crippen LogP contribution in [0.1, 0.15) is 24.5 Å². The van der Waals surface area contributed by atoms with E-state index in [1.165, 1.54) is 6.92 Å². The fraction of sp³-hybridized carbons (Fsp3) is 0.417. The second-order valence-corrected chi connectivity index (χ2v) is 4.24. The van der Waals surface area contributed by atoms with Crippen LogP contribution in [0.3, 0.4) is 0 Å². The van der Waals surface area contributed by atoms with Gasteiger partial charge in [-0.25, -0.2) is 0 Å². The highest BCUT2D eigenvalue weighted by Gasteiger charge is 2.08. The number of carbonyl (C=O) groups is 1. The Bertz CT molecular complexity index is 347. The lowest BCUT2D eigenvalue weighted by atomic mass is 10.1. The first-order valence-electron chi connectivity index (χ1n) is 4.98. The van der Waals surface area contributed by atoms with E-state index in [4.69, 9.17) is 4.74 Å². The summed E-state index contributed by atoms with van der Waals surface area (Å²) in [6.45, 7) is 3.39. The topological polar surface area (TPSA) is 26.3 Å². The Balaban J connectivity index is 2.92. The van der Waals surface area contributed by atoms with Crippen molar-refractivity contribution in [3.63, 3.8) is 0 Å². The molecule has 0 unspecified atom stereocenters. The lowest BCUT2D eigenvalue weighted by Gasteiger charge is -2.10. The molecule has 0 amide bonds. The van der Waals surface area contributed by atoms with Crippen LogP contribution < -0.4 is 4.74 Å². The van der Waals surface area contributed by atoms with Gasteiger partial charge in [0.25, 0.3) is 0 Å². The van der Waals surface area contributed by atoms with E-state index in [1.54, 1.807) is 0 Å². The van der Waals surface area contributed by atoms with E-state index in [0.717, 1.165) is 35.0 Å². The highest BCUT2D eigenvalue weighted by molar-refractivity contribution is 9.09. The minimum absolute atomic E-state index is 0.260. The van der Waals surface area contributed by atoms with Crippen molar-refractivity contribution < 1.29 is 9.53 Å². The van der Waals surface area contributed by atoms with Crippen LogP contribution in [0.2, 0.25) is 0 Å². The van der Waals surface area contributed by atoms with E-state index >= 15 is 0 Å². The largest absolute Gasteiger partial charge is 0.426 e. The SMILES string of the molecule is CC(=O)Oc1c(C)cccc1CCCBr. The normalized spacial score (nSPS) is 10.1. The quantitative estimate of drug-likeness (QED) is 0.477. The number of rotatable bonds is 4. The van der Waals surface area contributed by atoms with Crippen molar-refractivity contribution >= 4 is 21.9 Å². The number of carbonyl (C=O) groups excluding carboxylic acids is 1. The number of ether oxygens (including phenoxy) is 1. The summed E-state index contributed by atoms with van der Waals surface area (Å²) in [5.41, 5.74) is 2.11. The van der Waals surface area contributed by atoms with Gasteiger partial charge in [-0.15, -0.1) is 0 Å². The standard InChI is InChI=1S/C12H15BrO2/c1-9-5-3-6-11(7-4-8-13)12(9)15-10(2)14/h3,5-6H,4,7-8H2,1-2H3. The van der Waals surface area contributed by atoms with Crippen molar-refractivity contribution in [3.05, 3.63) is 29.3 Å². The van der Waals surface area contributed by atoms with Crippen LogP contribution in [0.4, 0.5) is 0 Å². The van der Waals surface area contributed by atoms with Gasteiger partial charge in [-0.1, -0.05) is 34.1 Å². The van der Waals surface area contributed by atoms with Gasteiger partial charge in [0.1, 0.15) is 5.75 Å². The number of aryl methyl sites for hydroxylation is 2. The number of halogens is 1. The van der Waals surface area contributed by atoms with Gasteiger partial charge in [-0.05, 0) is 30.9 Å². The molecule has 2 nitrogen and oxygen atoms in total. The van der Waals surface area contributed by atoms with Crippen molar-refractivity contribution in [1.29, 1.82) is 0 Å². The molecule has 1 aromatic rings. The van der Waals surface area contributed by atoms with Crippen LogP contribution in [0, 0.1) is 6.92 Å². The minimum Gasteiger partial charge on any atom is -0.426 e. The minimum atomic E-state index is -0.260. The summed E-state index contributed by atoms with van der Waals surface area (Å²) >= 11 is 3.39. The third kappa shape index (κ3) is 3.67. The highest BCUT2D eigenvalue weighted by atomic mass is 79.9. The molecule has 3 heteroatoms. The molecule has 0 saturated heterocycles. The van der Waals surface area contributed by atoms with Gasteiger partial charge in [0.2, 0.25) is 0 Å². The molecule has 0 N–H and O–H groups in total. The molecule has 0 aliphatic carbocycles. The molecule has 1 rings (SSSR count). The predicted molar refractivity (Wildman–Crippen MR) is 64.6 cm³/mol. The van der Waals surface area contributed by atoms with Gasteiger partial charge >= 0.3 is 5.97 Å². The van der Waals surface area contributed by atoms with E-state index in [0.29, 0.717) is 0 Å². The molecule has 0 atom stereocenters. The average Bonchev–Trinajstić information content (AvgIpc) is 2.18. The number of esters is 1. The maximum atomic E-state index is 11.0. The van der Waals surface area contributed by atoms with Gasteiger partial charge in [0.15, 0.2) is 0 Å². The molecule has 0 aliphatic rings. The van der Waals surface area contributed by atoms with Gasteiger partial charge in [-0.3, -0.25) is 4.79 Å². The first-order valence-corrected chi connectivity index (χ1v) is 6.10. The first kappa shape index (κ1) is 12.2.